The third-order valence-corrected chi connectivity index (χ3v) is 4.32. The zero-order chi connectivity index (χ0) is 14.0. The normalized spacial score (nSPS) is 12.6. The number of primary sulfonamides is 1. The number of pyridine rings is 1. The Morgan fingerprint density at radius 3 is 2.74 bits per heavy atom. The van der Waals surface area contributed by atoms with Crippen molar-refractivity contribution in [2.75, 3.05) is 0 Å². The van der Waals surface area contributed by atoms with Gasteiger partial charge in [0.15, 0.2) is 0 Å². The first-order valence-electron chi connectivity index (χ1n) is 4.95. The van der Waals surface area contributed by atoms with Gasteiger partial charge in [0.25, 0.3) is 15.9 Å². The van der Waals surface area contributed by atoms with Crippen molar-refractivity contribution in [3.05, 3.63) is 34.9 Å². The molecule has 2 N–H and O–H groups in total. The first-order chi connectivity index (χ1) is 8.88. The number of amides is 1. The van der Waals surface area contributed by atoms with Crippen molar-refractivity contribution >= 4 is 27.3 Å². The smallest absolute Gasteiger partial charge is 0.265 e. The van der Waals surface area contributed by atoms with E-state index < -0.39 is 15.9 Å². The fourth-order valence-corrected chi connectivity index (χ4v) is 2.72. The summed E-state index contributed by atoms with van der Waals surface area (Å²) in [7, 11) is -2.44. The van der Waals surface area contributed by atoms with Crippen LogP contribution in [0.3, 0.4) is 0 Å². The number of rotatable bonds is 2. The maximum atomic E-state index is 11.8. The third kappa shape index (κ3) is 3.10. The van der Waals surface area contributed by atoms with Gasteiger partial charge in [0.2, 0.25) is 9.14 Å². The number of aryl methyl sites for hydroxylation is 1. The highest BCUT2D eigenvalue weighted by molar-refractivity contribution is 7.91. The second kappa shape index (κ2) is 4.99. The van der Waals surface area contributed by atoms with E-state index in [2.05, 4.69) is 15.1 Å². The van der Waals surface area contributed by atoms with Gasteiger partial charge in [-0.1, -0.05) is 17.4 Å². The number of nitrogens with two attached hydrogens (primary N) is 1. The molecule has 0 fully saturated rings. The van der Waals surface area contributed by atoms with Crippen molar-refractivity contribution in [1.82, 2.24) is 14.8 Å². The van der Waals surface area contributed by atoms with Gasteiger partial charge in [-0.2, -0.15) is 4.99 Å². The van der Waals surface area contributed by atoms with Gasteiger partial charge in [-0.3, -0.25) is 9.78 Å². The summed E-state index contributed by atoms with van der Waals surface area (Å²) >= 11 is 0.713. The highest BCUT2D eigenvalue weighted by Gasteiger charge is 2.15. The molecule has 0 atom stereocenters. The molecule has 1 amide bonds. The van der Waals surface area contributed by atoms with E-state index in [0.29, 0.717) is 11.3 Å². The van der Waals surface area contributed by atoms with Crippen molar-refractivity contribution in [2.24, 2.45) is 17.2 Å². The van der Waals surface area contributed by atoms with Crippen molar-refractivity contribution in [1.29, 1.82) is 0 Å². The monoisotopic (exact) mass is 299 g/mol. The van der Waals surface area contributed by atoms with Crippen LogP contribution in [-0.2, 0) is 17.1 Å². The number of carbonyl (C=O) groups excluding carboxylic acids is 1. The maximum absolute atomic E-state index is 11.8. The van der Waals surface area contributed by atoms with Gasteiger partial charge in [-0.25, -0.2) is 18.2 Å². The summed E-state index contributed by atoms with van der Waals surface area (Å²) in [6.45, 7) is 0. The van der Waals surface area contributed by atoms with E-state index in [4.69, 9.17) is 5.14 Å². The largest absolute Gasteiger partial charge is 0.298 e. The number of hydrogen-bond donors (Lipinski definition) is 1. The second-order valence-corrected chi connectivity index (χ2v) is 6.14. The highest BCUT2D eigenvalue weighted by atomic mass is 32.2. The molecule has 0 aromatic carbocycles. The Balaban J connectivity index is 2.46. The van der Waals surface area contributed by atoms with E-state index >= 15 is 0 Å². The van der Waals surface area contributed by atoms with E-state index in [-0.39, 0.29) is 14.8 Å². The molecule has 2 aromatic rings. The lowest BCUT2D eigenvalue weighted by atomic mass is 10.3. The zero-order valence-corrected chi connectivity index (χ0v) is 11.3. The third-order valence-electron chi connectivity index (χ3n) is 2.01. The standard InChI is InChI=1S/C9H9N5O3S2/c1-14-8(18-9(13-14)19(10,16)17)12-7(15)6-4-2-3-5-11-6/h2-5H,1H3,(H2,10,16,17). The molecular formula is C9H9N5O3S2. The Bertz CT molecular complexity index is 776. The number of sulfonamides is 1. The minimum absolute atomic E-state index is 0.125. The van der Waals surface area contributed by atoms with E-state index in [1.807, 2.05) is 0 Å². The summed E-state index contributed by atoms with van der Waals surface area (Å²) in [5, 5.41) is 8.63. The van der Waals surface area contributed by atoms with Crippen LogP contribution in [0.25, 0.3) is 0 Å². The van der Waals surface area contributed by atoms with Crippen LogP contribution in [0.2, 0.25) is 0 Å². The lowest BCUT2D eigenvalue weighted by Gasteiger charge is -1.91. The average Bonchev–Trinajstić information content (AvgIpc) is 2.72. The van der Waals surface area contributed by atoms with Gasteiger partial charge < -0.3 is 0 Å². The molecule has 2 aromatic heterocycles. The van der Waals surface area contributed by atoms with Crippen LogP contribution < -0.4 is 9.94 Å². The molecule has 10 heteroatoms. The first kappa shape index (κ1) is 13.5. The maximum Gasteiger partial charge on any atom is 0.298 e. The highest BCUT2D eigenvalue weighted by Crippen LogP contribution is 2.04. The molecule has 0 aliphatic rings. The van der Waals surface area contributed by atoms with Crippen molar-refractivity contribution in [2.45, 2.75) is 4.34 Å². The predicted molar refractivity (Wildman–Crippen MR) is 66.6 cm³/mol. The van der Waals surface area contributed by atoms with Crippen LogP contribution in [0.1, 0.15) is 10.5 Å². The molecule has 2 heterocycles. The fraction of sp³-hybridized carbons (Fsp3) is 0.111. The number of carbonyl (C=O) groups is 1. The lowest BCUT2D eigenvalue weighted by molar-refractivity contribution is 0.0993. The molecule has 0 bridgehead atoms. The van der Waals surface area contributed by atoms with Crippen LogP contribution in [0, 0.1) is 0 Å². The summed E-state index contributed by atoms with van der Waals surface area (Å²) < 4.78 is 23.1. The second-order valence-electron chi connectivity index (χ2n) is 3.45. The number of nitrogens with zero attached hydrogens (tertiary/aromatic N) is 4. The van der Waals surface area contributed by atoms with Crippen LogP contribution in [-0.4, -0.2) is 29.1 Å². The van der Waals surface area contributed by atoms with Gasteiger partial charge in [-0.15, -0.1) is 5.10 Å². The summed E-state index contributed by atoms with van der Waals surface area (Å²) in [4.78, 5) is 19.5. The van der Waals surface area contributed by atoms with Crippen LogP contribution >= 0.6 is 11.3 Å². The Labute approximate surface area is 112 Å². The minimum Gasteiger partial charge on any atom is -0.265 e. The van der Waals surface area contributed by atoms with E-state index in [9.17, 15) is 13.2 Å². The SMILES string of the molecule is Cn1nc(S(N)(=O)=O)sc1=NC(=O)c1ccccn1. The topological polar surface area (TPSA) is 120 Å². The molecule has 0 unspecified atom stereocenters. The van der Waals surface area contributed by atoms with Crippen LogP contribution in [0.5, 0.6) is 0 Å². The molecule has 19 heavy (non-hydrogen) atoms. The molecule has 0 spiro atoms. The molecular weight excluding hydrogens is 290 g/mol. The Kier molecular flexibility index (Phi) is 3.55. The lowest BCUT2D eigenvalue weighted by Crippen LogP contribution is -2.15. The average molecular weight is 299 g/mol. The molecule has 0 aliphatic carbocycles. The molecule has 8 nitrogen and oxygen atoms in total. The molecule has 0 aliphatic heterocycles. The van der Waals surface area contributed by atoms with E-state index in [1.54, 1.807) is 12.1 Å². The first-order valence-corrected chi connectivity index (χ1v) is 7.31. The summed E-state index contributed by atoms with van der Waals surface area (Å²) in [5.74, 6) is -0.583. The molecule has 0 saturated heterocycles. The van der Waals surface area contributed by atoms with Crippen molar-refractivity contribution in [3.63, 3.8) is 0 Å². The van der Waals surface area contributed by atoms with Crippen LogP contribution in [0.15, 0.2) is 33.7 Å². The minimum atomic E-state index is -3.91. The molecule has 100 valence electrons. The fourth-order valence-electron chi connectivity index (χ4n) is 1.17. The van der Waals surface area contributed by atoms with Gasteiger partial charge in [-0.05, 0) is 12.1 Å². The summed E-state index contributed by atoms with van der Waals surface area (Å²) in [6, 6.07) is 4.83. The van der Waals surface area contributed by atoms with Gasteiger partial charge in [0, 0.05) is 13.2 Å². The molecule has 0 saturated carbocycles. The molecule has 0 radical (unpaired) electrons. The van der Waals surface area contributed by atoms with Gasteiger partial charge in [0.1, 0.15) is 5.69 Å². The summed E-state index contributed by atoms with van der Waals surface area (Å²) in [5.41, 5.74) is 0.160. The van der Waals surface area contributed by atoms with E-state index in [0.717, 1.165) is 0 Å². The quantitative estimate of drug-likeness (QED) is 0.783. The van der Waals surface area contributed by atoms with Gasteiger partial charge in [0.05, 0.1) is 0 Å². The molecule has 2 rings (SSSR count). The summed E-state index contributed by atoms with van der Waals surface area (Å²) in [6.07, 6.45) is 1.46. The van der Waals surface area contributed by atoms with Crippen molar-refractivity contribution in [3.8, 4) is 0 Å². The van der Waals surface area contributed by atoms with Crippen LogP contribution in [0.4, 0.5) is 0 Å². The van der Waals surface area contributed by atoms with Gasteiger partial charge >= 0.3 is 0 Å². The van der Waals surface area contributed by atoms with E-state index in [1.165, 1.54) is 24.0 Å². The Hall–Kier alpha value is -1.91. The van der Waals surface area contributed by atoms with Crippen molar-refractivity contribution < 1.29 is 13.2 Å². The Morgan fingerprint density at radius 1 is 1.47 bits per heavy atom. The predicted octanol–water partition coefficient (Wildman–Crippen LogP) is -0.735. The number of hydrogen-bond acceptors (Lipinski definition) is 6. The number of aromatic nitrogens is 3. The Morgan fingerprint density at radius 2 is 2.21 bits per heavy atom. The zero-order valence-electron chi connectivity index (χ0n) is 9.72.